The highest BCUT2D eigenvalue weighted by Crippen LogP contribution is 2.23. The molecule has 1 saturated heterocycles. The van der Waals surface area contributed by atoms with Gasteiger partial charge in [0.1, 0.15) is 11.6 Å². The van der Waals surface area contributed by atoms with Crippen molar-refractivity contribution in [3.05, 3.63) is 65.5 Å². The van der Waals surface area contributed by atoms with E-state index in [0.29, 0.717) is 30.9 Å². The summed E-state index contributed by atoms with van der Waals surface area (Å²) in [5, 5.41) is 3.25. The van der Waals surface area contributed by atoms with Crippen molar-refractivity contribution in [2.75, 3.05) is 26.2 Å². The lowest BCUT2D eigenvalue weighted by molar-refractivity contribution is -0.135. The maximum absolute atomic E-state index is 13.5. The zero-order valence-corrected chi connectivity index (χ0v) is 14.9. The molecule has 2 aromatic rings. The molecular formula is C20H22FN3O3. The van der Waals surface area contributed by atoms with Gasteiger partial charge in [0.05, 0.1) is 19.1 Å². The minimum atomic E-state index is -0.501. The highest BCUT2D eigenvalue weighted by Gasteiger charge is 2.27. The molecule has 1 unspecified atom stereocenters. The zero-order valence-electron chi connectivity index (χ0n) is 14.9. The molecule has 7 heteroatoms. The lowest BCUT2D eigenvalue weighted by Crippen LogP contribution is -2.49. The number of piperazine rings is 1. The molecule has 142 valence electrons. The maximum atomic E-state index is 13.5. The van der Waals surface area contributed by atoms with Crippen LogP contribution in [0.1, 0.15) is 28.4 Å². The number of hydrogen-bond donors (Lipinski definition) is 2. The molecule has 1 aliphatic heterocycles. The van der Waals surface area contributed by atoms with E-state index in [2.05, 4.69) is 5.32 Å². The third-order valence-corrected chi connectivity index (χ3v) is 4.52. The van der Waals surface area contributed by atoms with E-state index in [1.165, 1.54) is 12.1 Å². The molecule has 0 spiro atoms. The average molecular weight is 371 g/mol. The highest BCUT2D eigenvalue weighted by molar-refractivity contribution is 5.92. The topological polar surface area (TPSA) is 84.7 Å². The summed E-state index contributed by atoms with van der Waals surface area (Å²) in [6.07, 6.45) is 0.212. The summed E-state index contributed by atoms with van der Waals surface area (Å²) in [5.41, 5.74) is 6.37. The monoisotopic (exact) mass is 371 g/mol. The second-order valence-corrected chi connectivity index (χ2v) is 6.35. The molecule has 27 heavy (non-hydrogen) atoms. The predicted molar refractivity (Wildman–Crippen MR) is 98.8 cm³/mol. The molecule has 3 rings (SSSR count). The summed E-state index contributed by atoms with van der Waals surface area (Å²) in [7, 11) is 0. The molecule has 1 atom stereocenters. The highest BCUT2D eigenvalue weighted by atomic mass is 19.1. The van der Waals surface area contributed by atoms with Gasteiger partial charge in [0.25, 0.3) is 0 Å². The van der Waals surface area contributed by atoms with E-state index in [-0.39, 0.29) is 30.8 Å². The molecule has 1 fully saturated rings. The number of nitrogens with one attached hydrogen (secondary N) is 1. The lowest BCUT2D eigenvalue weighted by Gasteiger charge is -2.36. The number of ether oxygens (including phenoxy) is 1. The second kappa shape index (κ2) is 8.64. The van der Waals surface area contributed by atoms with Gasteiger partial charge in [-0.25, -0.2) is 4.39 Å². The Kier molecular flexibility index (Phi) is 6.03. The third kappa shape index (κ3) is 4.83. The van der Waals surface area contributed by atoms with Crippen molar-refractivity contribution in [2.24, 2.45) is 5.73 Å². The summed E-state index contributed by atoms with van der Waals surface area (Å²) in [6, 6.07) is 12.6. The van der Waals surface area contributed by atoms with Crippen LogP contribution in [0.3, 0.4) is 0 Å². The largest absolute Gasteiger partial charge is 0.493 e. The summed E-state index contributed by atoms with van der Waals surface area (Å²) in [6.45, 7) is 2.07. The van der Waals surface area contributed by atoms with Gasteiger partial charge in [0.2, 0.25) is 11.8 Å². The predicted octanol–water partition coefficient (Wildman–Crippen LogP) is 1.87. The average Bonchev–Trinajstić information content (AvgIpc) is 2.68. The van der Waals surface area contributed by atoms with E-state index in [9.17, 15) is 14.0 Å². The lowest BCUT2D eigenvalue weighted by atomic mass is 10.0. The Labute approximate surface area is 157 Å². The third-order valence-electron chi connectivity index (χ3n) is 4.52. The summed E-state index contributed by atoms with van der Waals surface area (Å²) >= 11 is 0. The number of carbonyl (C=O) groups excluding carboxylic acids is 2. The second-order valence-electron chi connectivity index (χ2n) is 6.35. The number of hydrogen-bond acceptors (Lipinski definition) is 4. The normalized spacial score (nSPS) is 16.8. The van der Waals surface area contributed by atoms with Gasteiger partial charge in [-0.05, 0) is 42.0 Å². The smallest absolute Gasteiger partial charge is 0.248 e. The van der Waals surface area contributed by atoms with Gasteiger partial charge in [0, 0.05) is 25.2 Å². The molecule has 6 nitrogen and oxygen atoms in total. The number of primary amides is 1. The first-order chi connectivity index (χ1) is 13.0. The summed E-state index contributed by atoms with van der Waals surface area (Å²) < 4.78 is 19.1. The number of rotatable bonds is 6. The van der Waals surface area contributed by atoms with E-state index in [1.54, 1.807) is 35.2 Å². The Morgan fingerprint density at radius 2 is 2.00 bits per heavy atom. The van der Waals surface area contributed by atoms with Gasteiger partial charge in [-0.15, -0.1) is 0 Å². The number of nitrogens with zero attached hydrogens (tertiary/aromatic N) is 1. The maximum Gasteiger partial charge on any atom is 0.248 e. The van der Waals surface area contributed by atoms with Crippen molar-refractivity contribution in [1.82, 2.24) is 10.2 Å². The van der Waals surface area contributed by atoms with Crippen molar-refractivity contribution in [3.63, 3.8) is 0 Å². The van der Waals surface area contributed by atoms with Gasteiger partial charge in [-0.1, -0.05) is 12.1 Å². The molecule has 2 aromatic carbocycles. The van der Waals surface area contributed by atoms with Crippen LogP contribution >= 0.6 is 0 Å². The van der Waals surface area contributed by atoms with Crippen LogP contribution in [0.2, 0.25) is 0 Å². The minimum absolute atomic E-state index is 0.0421. The Hall–Kier alpha value is -2.93. The zero-order chi connectivity index (χ0) is 19.2. The van der Waals surface area contributed by atoms with Crippen molar-refractivity contribution >= 4 is 11.8 Å². The van der Waals surface area contributed by atoms with Crippen molar-refractivity contribution < 1.29 is 18.7 Å². The molecule has 0 aromatic heterocycles. The SMILES string of the molecule is NC(=O)c1ccc(OCCC(=O)N2CCNCC2c2cccc(F)c2)cc1. The van der Waals surface area contributed by atoms with Crippen LogP contribution in [0.25, 0.3) is 0 Å². The first kappa shape index (κ1) is 18.8. The van der Waals surface area contributed by atoms with Crippen LogP contribution < -0.4 is 15.8 Å². The molecule has 2 amide bonds. The van der Waals surface area contributed by atoms with Crippen molar-refractivity contribution in [2.45, 2.75) is 12.5 Å². The Morgan fingerprint density at radius 1 is 1.22 bits per heavy atom. The van der Waals surface area contributed by atoms with Crippen LogP contribution in [0.15, 0.2) is 48.5 Å². The number of amides is 2. The molecule has 1 heterocycles. The Balaban J connectivity index is 1.58. The molecule has 0 bridgehead atoms. The molecular weight excluding hydrogens is 349 g/mol. The number of nitrogens with two attached hydrogens (primary N) is 1. The van der Waals surface area contributed by atoms with Gasteiger partial charge >= 0.3 is 0 Å². The number of halogens is 1. The minimum Gasteiger partial charge on any atom is -0.493 e. The van der Waals surface area contributed by atoms with Crippen LogP contribution in [0, 0.1) is 5.82 Å². The quantitative estimate of drug-likeness (QED) is 0.812. The number of carbonyl (C=O) groups is 2. The first-order valence-electron chi connectivity index (χ1n) is 8.83. The van der Waals surface area contributed by atoms with E-state index in [0.717, 1.165) is 5.56 Å². The number of benzene rings is 2. The van der Waals surface area contributed by atoms with Crippen molar-refractivity contribution in [1.29, 1.82) is 0 Å². The summed E-state index contributed by atoms with van der Waals surface area (Å²) in [4.78, 5) is 25.5. The van der Waals surface area contributed by atoms with Crippen molar-refractivity contribution in [3.8, 4) is 5.75 Å². The summed E-state index contributed by atoms with van der Waals surface area (Å²) in [5.74, 6) is -0.290. The Morgan fingerprint density at radius 3 is 2.70 bits per heavy atom. The molecule has 0 saturated carbocycles. The first-order valence-corrected chi connectivity index (χ1v) is 8.83. The van der Waals surface area contributed by atoms with Gasteiger partial charge in [0.15, 0.2) is 0 Å². The Bertz CT molecular complexity index is 810. The van der Waals surface area contributed by atoms with Gasteiger partial charge in [-0.2, -0.15) is 0 Å². The standard InChI is InChI=1S/C20H22FN3O3/c21-16-3-1-2-15(12-16)18-13-23-9-10-24(18)19(25)8-11-27-17-6-4-14(5-7-17)20(22)26/h1-7,12,18,23H,8-11,13H2,(H2,22,26). The fourth-order valence-corrected chi connectivity index (χ4v) is 3.13. The van der Waals surface area contributed by atoms with E-state index >= 15 is 0 Å². The molecule has 0 radical (unpaired) electrons. The fraction of sp³-hybridized carbons (Fsp3) is 0.300. The van der Waals surface area contributed by atoms with E-state index < -0.39 is 5.91 Å². The van der Waals surface area contributed by atoms with Crippen LogP contribution in [-0.2, 0) is 4.79 Å². The fourth-order valence-electron chi connectivity index (χ4n) is 3.13. The molecule has 3 N–H and O–H groups in total. The molecule has 0 aliphatic carbocycles. The van der Waals surface area contributed by atoms with Crippen LogP contribution in [0.5, 0.6) is 5.75 Å². The van der Waals surface area contributed by atoms with E-state index in [4.69, 9.17) is 10.5 Å². The van der Waals surface area contributed by atoms with Crippen LogP contribution in [-0.4, -0.2) is 43.0 Å². The van der Waals surface area contributed by atoms with Gasteiger partial charge in [-0.3, -0.25) is 9.59 Å². The van der Waals surface area contributed by atoms with Crippen LogP contribution in [0.4, 0.5) is 4.39 Å². The molecule has 1 aliphatic rings. The van der Waals surface area contributed by atoms with Gasteiger partial charge < -0.3 is 20.7 Å². The van der Waals surface area contributed by atoms with E-state index in [1.807, 2.05) is 6.07 Å².